The van der Waals surface area contributed by atoms with Gasteiger partial charge in [0, 0.05) is 19.0 Å². The fourth-order valence-corrected chi connectivity index (χ4v) is 1.76. The molecular formula is C10H19BrO. The van der Waals surface area contributed by atoms with Gasteiger partial charge in [0.2, 0.25) is 0 Å². The largest absolute Gasteiger partial charge is 0.385 e. The van der Waals surface area contributed by atoms with Crippen molar-refractivity contribution in [1.29, 1.82) is 0 Å². The van der Waals surface area contributed by atoms with Crippen molar-refractivity contribution in [3.63, 3.8) is 0 Å². The summed E-state index contributed by atoms with van der Waals surface area (Å²) in [6.45, 7) is 4.64. The highest BCUT2D eigenvalue weighted by Crippen LogP contribution is 2.15. The van der Waals surface area contributed by atoms with Gasteiger partial charge in [-0.15, -0.1) is 6.58 Å². The van der Waals surface area contributed by atoms with Crippen molar-refractivity contribution in [2.45, 2.75) is 25.7 Å². The van der Waals surface area contributed by atoms with Crippen LogP contribution in [0.1, 0.15) is 25.7 Å². The SMILES string of the molecule is C=CCC(CBr)CCCCOC. The average molecular weight is 235 g/mol. The first kappa shape index (κ1) is 12.2. The third kappa shape index (κ3) is 6.86. The van der Waals surface area contributed by atoms with E-state index in [0.717, 1.165) is 24.3 Å². The van der Waals surface area contributed by atoms with Gasteiger partial charge in [0.1, 0.15) is 0 Å². The van der Waals surface area contributed by atoms with Gasteiger partial charge in [0.25, 0.3) is 0 Å². The number of halogens is 1. The van der Waals surface area contributed by atoms with Crippen LogP contribution < -0.4 is 0 Å². The minimum atomic E-state index is 0.763. The lowest BCUT2D eigenvalue weighted by Crippen LogP contribution is -2.01. The highest BCUT2D eigenvalue weighted by atomic mass is 79.9. The molecule has 0 heterocycles. The summed E-state index contributed by atoms with van der Waals surface area (Å²) in [6, 6.07) is 0. The van der Waals surface area contributed by atoms with Crippen molar-refractivity contribution in [3.8, 4) is 0 Å². The summed E-state index contributed by atoms with van der Waals surface area (Å²) in [5.41, 5.74) is 0. The first-order valence-electron chi connectivity index (χ1n) is 4.51. The molecule has 0 N–H and O–H groups in total. The average Bonchev–Trinajstić information content (AvgIpc) is 2.10. The molecule has 0 aromatic rings. The van der Waals surface area contributed by atoms with Crippen LogP contribution in [0.5, 0.6) is 0 Å². The molecule has 0 aromatic heterocycles. The molecule has 1 unspecified atom stereocenters. The van der Waals surface area contributed by atoms with Crippen LogP contribution in [-0.4, -0.2) is 19.0 Å². The Kier molecular flexibility index (Phi) is 9.41. The number of hydrogen-bond donors (Lipinski definition) is 0. The number of allylic oxidation sites excluding steroid dienone is 1. The van der Waals surface area contributed by atoms with Gasteiger partial charge in [0.15, 0.2) is 0 Å². The van der Waals surface area contributed by atoms with Crippen molar-refractivity contribution in [3.05, 3.63) is 12.7 Å². The zero-order valence-electron chi connectivity index (χ0n) is 7.89. The van der Waals surface area contributed by atoms with Crippen LogP contribution in [-0.2, 0) is 4.74 Å². The predicted molar refractivity (Wildman–Crippen MR) is 57.8 cm³/mol. The van der Waals surface area contributed by atoms with Gasteiger partial charge in [-0.1, -0.05) is 28.4 Å². The number of methoxy groups -OCH3 is 1. The monoisotopic (exact) mass is 234 g/mol. The first-order chi connectivity index (χ1) is 5.85. The maximum absolute atomic E-state index is 4.99. The number of rotatable bonds is 8. The molecular weight excluding hydrogens is 216 g/mol. The summed E-state index contributed by atoms with van der Waals surface area (Å²) in [4.78, 5) is 0. The Bertz CT molecular complexity index is 104. The Morgan fingerprint density at radius 2 is 2.25 bits per heavy atom. The Hall–Kier alpha value is 0.180. The highest BCUT2D eigenvalue weighted by molar-refractivity contribution is 9.09. The van der Waals surface area contributed by atoms with Gasteiger partial charge >= 0.3 is 0 Å². The lowest BCUT2D eigenvalue weighted by atomic mass is 10.0. The van der Waals surface area contributed by atoms with Gasteiger partial charge in [0.05, 0.1) is 0 Å². The Balaban J connectivity index is 3.25. The van der Waals surface area contributed by atoms with Crippen molar-refractivity contribution in [2.75, 3.05) is 19.0 Å². The fraction of sp³-hybridized carbons (Fsp3) is 0.800. The van der Waals surface area contributed by atoms with E-state index in [0.29, 0.717) is 0 Å². The van der Waals surface area contributed by atoms with E-state index in [2.05, 4.69) is 22.5 Å². The fourth-order valence-electron chi connectivity index (χ4n) is 1.17. The highest BCUT2D eigenvalue weighted by Gasteiger charge is 2.03. The smallest absolute Gasteiger partial charge is 0.0462 e. The molecule has 1 atom stereocenters. The second-order valence-electron chi connectivity index (χ2n) is 3.03. The van der Waals surface area contributed by atoms with Crippen molar-refractivity contribution < 1.29 is 4.74 Å². The van der Waals surface area contributed by atoms with E-state index in [1.807, 2.05) is 6.08 Å². The minimum absolute atomic E-state index is 0.763. The summed E-state index contributed by atoms with van der Waals surface area (Å²) in [5, 5.41) is 1.09. The molecule has 2 heteroatoms. The lowest BCUT2D eigenvalue weighted by Gasteiger charge is -2.10. The van der Waals surface area contributed by atoms with E-state index in [1.165, 1.54) is 19.3 Å². The normalized spacial score (nSPS) is 12.8. The number of ether oxygens (including phenoxy) is 1. The topological polar surface area (TPSA) is 9.23 Å². The van der Waals surface area contributed by atoms with Crippen LogP contribution >= 0.6 is 15.9 Å². The van der Waals surface area contributed by atoms with Gasteiger partial charge in [-0.05, 0) is 25.2 Å². The predicted octanol–water partition coefficient (Wildman–Crippen LogP) is 3.39. The zero-order chi connectivity index (χ0) is 9.23. The molecule has 1 nitrogen and oxygen atoms in total. The first-order valence-corrected chi connectivity index (χ1v) is 5.63. The van der Waals surface area contributed by atoms with Crippen LogP contribution in [0.3, 0.4) is 0 Å². The van der Waals surface area contributed by atoms with Gasteiger partial charge in [-0.3, -0.25) is 0 Å². The third-order valence-corrected chi connectivity index (χ3v) is 2.84. The van der Waals surface area contributed by atoms with Gasteiger partial charge in [-0.2, -0.15) is 0 Å². The molecule has 0 amide bonds. The van der Waals surface area contributed by atoms with Crippen molar-refractivity contribution >= 4 is 15.9 Å². The van der Waals surface area contributed by atoms with E-state index in [-0.39, 0.29) is 0 Å². The molecule has 0 aliphatic heterocycles. The number of alkyl halides is 1. The minimum Gasteiger partial charge on any atom is -0.385 e. The molecule has 0 saturated heterocycles. The molecule has 0 fully saturated rings. The van der Waals surface area contributed by atoms with Gasteiger partial charge in [-0.25, -0.2) is 0 Å². The van der Waals surface area contributed by atoms with E-state index >= 15 is 0 Å². The van der Waals surface area contributed by atoms with E-state index in [1.54, 1.807) is 7.11 Å². The van der Waals surface area contributed by atoms with Crippen molar-refractivity contribution in [1.82, 2.24) is 0 Å². The molecule has 0 aliphatic carbocycles. The molecule has 12 heavy (non-hydrogen) atoms. The van der Waals surface area contributed by atoms with Crippen LogP contribution in [0.15, 0.2) is 12.7 Å². The van der Waals surface area contributed by atoms with E-state index in [9.17, 15) is 0 Å². The quantitative estimate of drug-likeness (QED) is 0.356. The Morgan fingerprint density at radius 3 is 2.75 bits per heavy atom. The van der Waals surface area contributed by atoms with Crippen molar-refractivity contribution in [2.24, 2.45) is 5.92 Å². The molecule has 0 rings (SSSR count). The van der Waals surface area contributed by atoms with E-state index < -0.39 is 0 Å². The van der Waals surface area contributed by atoms with Crippen LogP contribution in [0.25, 0.3) is 0 Å². The van der Waals surface area contributed by atoms with Crippen LogP contribution in [0, 0.1) is 5.92 Å². The molecule has 0 bridgehead atoms. The zero-order valence-corrected chi connectivity index (χ0v) is 9.48. The summed E-state index contributed by atoms with van der Waals surface area (Å²) < 4.78 is 4.99. The standard InChI is InChI=1S/C10H19BrO/c1-3-6-10(9-11)7-4-5-8-12-2/h3,10H,1,4-9H2,2H3. The molecule has 0 saturated carbocycles. The molecule has 0 radical (unpaired) electrons. The van der Waals surface area contributed by atoms with E-state index in [4.69, 9.17) is 4.74 Å². The van der Waals surface area contributed by atoms with Gasteiger partial charge < -0.3 is 4.74 Å². The van der Waals surface area contributed by atoms with Crippen LogP contribution in [0.2, 0.25) is 0 Å². The maximum Gasteiger partial charge on any atom is 0.0462 e. The summed E-state index contributed by atoms with van der Waals surface area (Å²) in [7, 11) is 1.76. The summed E-state index contributed by atoms with van der Waals surface area (Å²) in [6.07, 6.45) is 6.84. The molecule has 0 aromatic carbocycles. The molecule has 0 spiro atoms. The second-order valence-corrected chi connectivity index (χ2v) is 3.68. The second kappa shape index (κ2) is 9.27. The number of unbranched alkanes of at least 4 members (excludes halogenated alkanes) is 1. The molecule has 72 valence electrons. The number of hydrogen-bond acceptors (Lipinski definition) is 1. The lowest BCUT2D eigenvalue weighted by molar-refractivity contribution is 0.190. The Labute approximate surface area is 84.3 Å². The Morgan fingerprint density at radius 1 is 1.50 bits per heavy atom. The third-order valence-electron chi connectivity index (χ3n) is 1.93. The summed E-state index contributed by atoms with van der Waals surface area (Å²) in [5.74, 6) is 0.763. The maximum atomic E-state index is 4.99. The molecule has 0 aliphatic rings. The van der Waals surface area contributed by atoms with Crippen LogP contribution in [0.4, 0.5) is 0 Å². The summed E-state index contributed by atoms with van der Waals surface area (Å²) >= 11 is 3.51.